The van der Waals surface area contributed by atoms with E-state index >= 15 is 0 Å². The number of anilines is 1. The van der Waals surface area contributed by atoms with E-state index in [9.17, 15) is 0 Å². The largest absolute Gasteiger partial charge is 0.337 e. The van der Waals surface area contributed by atoms with E-state index in [2.05, 4.69) is 28.1 Å². The Kier molecular flexibility index (Phi) is 4.27. The van der Waals surface area contributed by atoms with Crippen LogP contribution < -0.4 is 4.90 Å². The van der Waals surface area contributed by atoms with Gasteiger partial charge in [-0.1, -0.05) is 23.7 Å². The Labute approximate surface area is 123 Å². The summed E-state index contributed by atoms with van der Waals surface area (Å²) in [6.45, 7) is 4.95. The first-order chi connectivity index (χ1) is 9.04. The Morgan fingerprint density at radius 1 is 1.53 bits per heavy atom. The molecule has 0 saturated carbocycles. The predicted octanol–water partition coefficient (Wildman–Crippen LogP) is 3.81. The number of aromatic nitrogens is 3. The van der Waals surface area contributed by atoms with Gasteiger partial charge in [0, 0.05) is 18.6 Å². The zero-order chi connectivity index (χ0) is 14.0. The van der Waals surface area contributed by atoms with E-state index in [0.717, 1.165) is 23.1 Å². The van der Waals surface area contributed by atoms with Gasteiger partial charge in [-0.2, -0.15) is 0 Å². The summed E-state index contributed by atoms with van der Waals surface area (Å²) >= 11 is 11.3. The van der Waals surface area contributed by atoms with Crippen LogP contribution in [-0.4, -0.2) is 21.8 Å². The van der Waals surface area contributed by atoms with Crippen molar-refractivity contribution in [1.82, 2.24) is 14.8 Å². The molecular weight excluding hydrogens is 280 g/mol. The second-order valence-corrected chi connectivity index (χ2v) is 5.24. The van der Waals surface area contributed by atoms with Gasteiger partial charge in [-0.3, -0.25) is 4.57 Å². The number of aromatic amines is 1. The Balaban J connectivity index is 2.33. The lowest BCUT2D eigenvalue weighted by molar-refractivity contribution is 0.663. The van der Waals surface area contributed by atoms with Gasteiger partial charge >= 0.3 is 0 Å². The van der Waals surface area contributed by atoms with Crippen LogP contribution in [0.15, 0.2) is 24.3 Å². The van der Waals surface area contributed by atoms with Gasteiger partial charge in [0.15, 0.2) is 4.77 Å². The second kappa shape index (κ2) is 5.75. The number of H-pyrrole nitrogens is 1. The van der Waals surface area contributed by atoms with E-state index in [4.69, 9.17) is 23.8 Å². The van der Waals surface area contributed by atoms with Gasteiger partial charge in [-0.25, -0.2) is 5.10 Å². The molecule has 19 heavy (non-hydrogen) atoms. The fourth-order valence-electron chi connectivity index (χ4n) is 2.03. The predicted molar refractivity (Wildman–Crippen MR) is 81.4 cm³/mol. The molecule has 1 unspecified atom stereocenters. The van der Waals surface area contributed by atoms with Crippen molar-refractivity contribution in [2.45, 2.75) is 26.4 Å². The Morgan fingerprint density at radius 3 is 2.89 bits per heavy atom. The molecule has 0 fully saturated rings. The number of hydrogen-bond donors (Lipinski definition) is 1. The lowest BCUT2D eigenvalue weighted by Gasteiger charge is -2.26. The molecule has 0 aliphatic carbocycles. The first-order valence-electron chi connectivity index (χ1n) is 6.18. The van der Waals surface area contributed by atoms with Gasteiger partial charge in [0.05, 0.1) is 6.04 Å². The summed E-state index contributed by atoms with van der Waals surface area (Å²) in [6, 6.07) is 8.03. The third-order valence-corrected chi connectivity index (χ3v) is 3.83. The molecule has 1 N–H and O–H groups in total. The van der Waals surface area contributed by atoms with Crippen LogP contribution in [-0.2, 0) is 6.54 Å². The molecule has 2 rings (SSSR count). The van der Waals surface area contributed by atoms with Crippen molar-refractivity contribution >= 4 is 29.8 Å². The number of nitrogens with zero attached hydrogens (tertiary/aromatic N) is 3. The summed E-state index contributed by atoms with van der Waals surface area (Å²) in [5.74, 6) is 0.833. The SMILES string of the molecule is CCn1c(N(C)C(C)c2cccc(Cl)c2)n[nH]c1=S. The minimum Gasteiger partial charge on any atom is -0.337 e. The van der Waals surface area contributed by atoms with Crippen LogP contribution in [0.1, 0.15) is 25.5 Å². The fourth-order valence-corrected chi connectivity index (χ4v) is 2.48. The Hall–Kier alpha value is -1.33. The molecule has 0 aliphatic rings. The summed E-state index contributed by atoms with van der Waals surface area (Å²) in [6.07, 6.45) is 0. The van der Waals surface area contributed by atoms with E-state index in [1.807, 2.05) is 36.7 Å². The Bertz CT molecular complexity index is 619. The molecule has 6 heteroatoms. The van der Waals surface area contributed by atoms with Crippen molar-refractivity contribution in [3.63, 3.8) is 0 Å². The van der Waals surface area contributed by atoms with E-state index in [-0.39, 0.29) is 6.04 Å². The molecule has 0 amide bonds. The molecule has 0 aliphatic heterocycles. The third kappa shape index (κ3) is 2.82. The van der Waals surface area contributed by atoms with E-state index < -0.39 is 0 Å². The monoisotopic (exact) mass is 296 g/mol. The number of hydrogen-bond acceptors (Lipinski definition) is 3. The zero-order valence-electron chi connectivity index (χ0n) is 11.2. The third-order valence-electron chi connectivity index (χ3n) is 3.28. The topological polar surface area (TPSA) is 36.9 Å². The highest BCUT2D eigenvalue weighted by Gasteiger charge is 2.17. The molecule has 2 aromatic rings. The quantitative estimate of drug-likeness (QED) is 0.872. The second-order valence-electron chi connectivity index (χ2n) is 4.41. The normalized spacial score (nSPS) is 12.4. The molecule has 0 bridgehead atoms. The van der Waals surface area contributed by atoms with Crippen molar-refractivity contribution in [2.24, 2.45) is 0 Å². The van der Waals surface area contributed by atoms with Crippen molar-refractivity contribution < 1.29 is 0 Å². The molecule has 102 valence electrons. The van der Waals surface area contributed by atoms with Crippen LogP contribution in [0, 0.1) is 4.77 Å². The molecule has 0 spiro atoms. The molecule has 1 heterocycles. The highest BCUT2D eigenvalue weighted by molar-refractivity contribution is 7.71. The highest BCUT2D eigenvalue weighted by Crippen LogP contribution is 2.25. The van der Waals surface area contributed by atoms with Gasteiger partial charge in [-0.05, 0) is 43.8 Å². The summed E-state index contributed by atoms with van der Waals surface area (Å²) in [4.78, 5) is 2.08. The summed E-state index contributed by atoms with van der Waals surface area (Å²) in [5.41, 5.74) is 1.14. The van der Waals surface area contributed by atoms with E-state index in [0.29, 0.717) is 4.77 Å². The molecule has 0 saturated heterocycles. The number of halogens is 1. The lowest BCUT2D eigenvalue weighted by Crippen LogP contribution is -2.25. The van der Waals surface area contributed by atoms with Crippen molar-refractivity contribution in [1.29, 1.82) is 0 Å². The molecule has 0 radical (unpaired) electrons. The number of benzene rings is 1. The minimum absolute atomic E-state index is 0.161. The van der Waals surface area contributed by atoms with Crippen molar-refractivity contribution in [2.75, 3.05) is 11.9 Å². The van der Waals surface area contributed by atoms with Crippen molar-refractivity contribution in [3.05, 3.63) is 39.6 Å². The highest BCUT2D eigenvalue weighted by atomic mass is 35.5. The smallest absolute Gasteiger partial charge is 0.225 e. The molecular formula is C13H17ClN4S. The summed E-state index contributed by atoms with van der Waals surface area (Å²) in [5, 5.41) is 7.87. The van der Waals surface area contributed by atoms with Crippen LogP contribution >= 0.6 is 23.8 Å². The van der Waals surface area contributed by atoms with Gasteiger partial charge < -0.3 is 4.90 Å². The van der Waals surface area contributed by atoms with E-state index in [1.165, 1.54) is 0 Å². The minimum atomic E-state index is 0.161. The fraction of sp³-hybridized carbons (Fsp3) is 0.385. The molecule has 4 nitrogen and oxygen atoms in total. The maximum Gasteiger partial charge on any atom is 0.225 e. The van der Waals surface area contributed by atoms with Crippen LogP contribution in [0.2, 0.25) is 5.02 Å². The molecule has 1 atom stereocenters. The van der Waals surface area contributed by atoms with E-state index in [1.54, 1.807) is 0 Å². The van der Waals surface area contributed by atoms with Gasteiger partial charge in [0.1, 0.15) is 0 Å². The number of rotatable bonds is 4. The van der Waals surface area contributed by atoms with Crippen LogP contribution in [0.4, 0.5) is 5.95 Å². The zero-order valence-corrected chi connectivity index (χ0v) is 12.8. The van der Waals surface area contributed by atoms with Gasteiger partial charge in [0.25, 0.3) is 0 Å². The maximum atomic E-state index is 6.04. The van der Waals surface area contributed by atoms with Crippen LogP contribution in [0.25, 0.3) is 0 Å². The van der Waals surface area contributed by atoms with Crippen molar-refractivity contribution in [3.8, 4) is 0 Å². The number of nitrogens with one attached hydrogen (secondary N) is 1. The first kappa shape index (κ1) is 14.1. The van der Waals surface area contributed by atoms with Gasteiger partial charge in [-0.15, -0.1) is 5.10 Å². The summed E-state index contributed by atoms with van der Waals surface area (Å²) < 4.78 is 2.61. The summed E-state index contributed by atoms with van der Waals surface area (Å²) in [7, 11) is 2.00. The Morgan fingerprint density at radius 2 is 2.26 bits per heavy atom. The maximum absolute atomic E-state index is 6.04. The molecule has 1 aromatic heterocycles. The average Bonchev–Trinajstić information content (AvgIpc) is 2.78. The lowest BCUT2D eigenvalue weighted by atomic mass is 10.1. The molecule has 1 aromatic carbocycles. The average molecular weight is 297 g/mol. The standard InChI is InChI=1S/C13H17ClN4S/c1-4-18-12(15-16-13(18)19)17(3)9(2)10-6-5-7-11(14)8-10/h5-9H,4H2,1-3H3,(H,16,19). The van der Waals surface area contributed by atoms with Crippen LogP contribution in [0.5, 0.6) is 0 Å². The van der Waals surface area contributed by atoms with Gasteiger partial charge in [0.2, 0.25) is 5.95 Å². The first-order valence-corrected chi connectivity index (χ1v) is 6.96. The van der Waals surface area contributed by atoms with Crippen LogP contribution in [0.3, 0.4) is 0 Å².